The summed E-state index contributed by atoms with van der Waals surface area (Å²) in [5.41, 5.74) is 6.42. The quantitative estimate of drug-likeness (QED) is 0.769. The lowest BCUT2D eigenvalue weighted by atomic mass is 10.1. The van der Waals surface area contributed by atoms with E-state index in [1.165, 1.54) is 0 Å². The van der Waals surface area contributed by atoms with Crippen molar-refractivity contribution < 1.29 is 9.53 Å². The highest BCUT2D eigenvalue weighted by atomic mass is 35.5. The van der Waals surface area contributed by atoms with Crippen LogP contribution in [0.1, 0.15) is 27.2 Å². The maximum atomic E-state index is 12.2. The lowest BCUT2D eigenvalue weighted by molar-refractivity contribution is -0.117. The number of methoxy groups -OCH3 is 1. The fourth-order valence-electron chi connectivity index (χ4n) is 2.25. The van der Waals surface area contributed by atoms with E-state index in [4.69, 9.17) is 10.5 Å². The van der Waals surface area contributed by atoms with Crippen molar-refractivity contribution in [3.63, 3.8) is 0 Å². The Hall–Kier alpha value is -1.30. The van der Waals surface area contributed by atoms with E-state index in [1.54, 1.807) is 7.11 Å². The highest BCUT2D eigenvalue weighted by Crippen LogP contribution is 2.22. The predicted molar refractivity (Wildman–Crippen MR) is 93.9 cm³/mol. The molecule has 1 amide bonds. The minimum absolute atomic E-state index is 0. The van der Waals surface area contributed by atoms with Crippen molar-refractivity contribution in [1.29, 1.82) is 0 Å². The lowest BCUT2D eigenvalue weighted by Gasteiger charge is -2.29. The molecule has 0 unspecified atom stereocenters. The number of nitrogens with zero attached hydrogens (tertiary/aromatic N) is 1. The largest absolute Gasteiger partial charge is 0.495 e. The summed E-state index contributed by atoms with van der Waals surface area (Å²) in [6.07, 6.45) is 0.984. The van der Waals surface area contributed by atoms with Gasteiger partial charge >= 0.3 is 0 Å². The van der Waals surface area contributed by atoms with Crippen LogP contribution in [0.4, 0.5) is 5.69 Å². The second-order valence-corrected chi connectivity index (χ2v) is 5.95. The van der Waals surface area contributed by atoms with Gasteiger partial charge in [-0.25, -0.2) is 0 Å². The summed E-state index contributed by atoms with van der Waals surface area (Å²) in [5.74, 6) is 0.601. The van der Waals surface area contributed by atoms with Crippen molar-refractivity contribution in [1.82, 2.24) is 4.90 Å². The second-order valence-electron chi connectivity index (χ2n) is 5.95. The normalized spacial score (nSPS) is 11.0. The molecule has 126 valence electrons. The number of nitrogens with one attached hydrogen (secondary N) is 1. The summed E-state index contributed by atoms with van der Waals surface area (Å²) in [4.78, 5) is 14.3. The summed E-state index contributed by atoms with van der Waals surface area (Å²) in [6, 6.07) is 7.38. The molecule has 0 spiro atoms. The first-order valence-corrected chi connectivity index (χ1v) is 7.30. The predicted octanol–water partition coefficient (Wildman–Crippen LogP) is 2.50. The van der Waals surface area contributed by atoms with Crippen LogP contribution in [0.15, 0.2) is 24.3 Å². The lowest BCUT2D eigenvalue weighted by Crippen LogP contribution is -2.47. The Kier molecular flexibility index (Phi) is 9.09. The molecule has 5 nitrogen and oxygen atoms in total. The Morgan fingerprint density at radius 3 is 2.55 bits per heavy atom. The maximum Gasteiger partial charge on any atom is 0.238 e. The first kappa shape index (κ1) is 20.7. The van der Waals surface area contributed by atoms with E-state index < -0.39 is 0 Å². The first-order valence-electron chi connectivity index (χ1n) is 7.30. The maximum absolute atomic E-state index is 12.2. The molecular weight excluding hydrogens is 302 g/mol. The Labute approximate surface area is 139 Å². The third kappa shape index (κ3) is 7.64. The van der Waals surface area contributed by atoms with Gasteiger partial charge in [-0.15, -0.1) is 12.4 Å². The van der Waals surface area contributed by atoms with Gasteiger partial charge in [-0.05, 0) is 38.9 Å². The van der Waals surface area contributed by atoms with Gasteiger partial charge in [0.15, 0.2) is 0 Å². The monoisotopic (exact) mass is 329 g/mol. The van der Waals surface area contributed by atoms with E-state index in [-0.39, 0.29) is 23.9 Å². The standard InChI is InChI=1S/C16H27N3O2.ClH/c1-5-10-19(12-16(2,3)17)11-15(20)18-13-8-6-7-9-14(13)21-4;/h6-9H,5,10-12,17H2,1-4H3,(H,18,20);1H. The summed E-state index contributed by atoms with van der Waals surface area (Å²) >= 11 is 0. The van der Waals surface area contributed by atoms with Gasteiger partial charge in [-0.1, -0.05) is 19.1 Å². The molecule has 1 aromatic rings. The fourth-order valence-corrected chi connectivity index (χ4v) is 2.25. The van der Waals surface area contributed by atoms with Crippen molar-refractivity contribution >= 4 is 24.0 Å². The van der Waals surface area contributed by atoms with Gasteiger partial charge in [0.05, 0.1) is 19.3 Å². The molecule has 3 N–H and O–H groups in total. The summed E-state index contributed by atoms with van der Waals surface area (Å²) in [6.45, 7) is 7.88. The Morgan fingerprint density at radius 2 is 2.00 bits per heavy atom. The number of hydrogen-bond donors (Lipinski definition) is 2. The third-order valence-electron chi connectivity index (χ3n) is 2.92. The van der Waals surface area contributed by atoms with Crippen molar-refractivity contribution in [3.05, 3.63) is 24.3 Å². The Balaban J connectivity index is 0.00000441. The van der Waals surface area contributed by atoms with Crippen LogP contribution < -0.4 is 15.8 Å². The van der Waals surface area contributed by atoms with Gasteiger partial charge in [0.25, 0.3) is 0 Å². The number of benzene rings is 1. The van der Waals surface area contributed by atoms with E-state index in [0.29, 0.717) is 24.5 Å². The zero-order valence-electron chi connectivity index (χ0n) is 13.9. The highest BCUT2D eigenvalue weighted by molar-refractivity contribution is 5.93. The number of carbonyl (C=O) groups is 1. The average Bonchev–Trinajstić information content (AvgIpc) is 2.37. The molecular formula is C16H28ClN3O2. The zero-order valence-corrected chi connectivity index (χ0v) is 14.7. The number of amides is 1. The van der Waals surface area contributed by atoms with Crippen LogP contribution in [0.3, 0.4) is 0 Å². The summed E-state index contributed by atoms with van der Waals surface area (Å²) in [7, 11) is 1.59. The van der Waals surface area contributed by atoms with Crippen LogP contribution in [0.2, 0.25) is 0 Å². The molecule has 0 aliphatic rings. The number of anilines is 1. The molecule has 0 aliphatic heterocycles. The third-order valence-corrected chi connectivity index (χ3v) is 2.92. The average molecular weight is 330 g/mol. The molecule has 0 aromatic heterocycles. The van der Waals surface area contributed by atoms with Gasteiger partial charge < -0.3 is 15.8 Å². The summed E-state index contributed by atoms with van der Waals surface area (Å²) in [5, 5.41) is 2.89. The molecule has 0 saturated heterocycles. The topological polar surface area (TPSA) is 67.6 Å². The number of halogens is 1. The molecule has 6 heteroatoms. The Morgan fingerprint density at radius 1 is 1.36 bits per heavy atom. The number of para-hydroxylation sites is 2. The van der Waals surface area contributed by atoms with Gasteiger partial charge in [0.1, 0.15) is 5.75 Å². The van der Waals surface area contributed by atoms with Gasteiger partial charge in [-0.2, -0.15) is 0 Å². The minimum atomic E-state index is -0.320. The second kappa shape index (κ2) is 9.66. The SMILES string of the molecule is CCCN(CC(=O)Nc1ccccc1OC)CC(C)(C)N.Cl. The smallest absolute Gasteiger partial charge is 0.238 e. The number of ether oxygens (including phenoxy) is 1. The van der Waals surface area contributed by atoms with Gasteiger partial charge in [0.2, 0.25) is 5.91 Å². The van der Waals surface area contributed by atoms with Crippen molar-refractivity contribution in [3.8, 4) is 5.75 Å². The van der Waals surface area contributed by atoms with E-state index in [0.717, 1.165) is 13.0 Å². The van der Waals surface area contributed by atoms with Crippen LogP contribution in [0, 0.1) is 0 Å². The number of carbonyl (C=O) groups excluding carboxylic acids is 1. The highest BCUT2D eigenvalue weighted by Gasteiger charge is 2.19. The molecule has 1 aromatic carbocycles. The molecule has 0 fully saturated rings. The van der Waals surface area contributed by atoms with Crippen molar-refractivity contribution in [2.75, 3.05) is 32.1 Å². The number of rotatable bonds is 8. The Bertz CT molecular complexity index is 461. The van der Waals surface area contributed by atoms with E-state index in [2.05, 4.69) is 17.1 Å². The summed E-state index contributed by atoms with van der Waals surface area (Å²) < 4.78 is 5.23. The van der Waals surface area contributed by atoms with E-state index in [9.17, 15) is 4.79 Å². The molecule has 22 heavy (non-hydrogen) atoms. The number of nitrogens with two attached hydrogens (primary N) is 1. The van der Waals surface area contributed by atoms with Crippen LogP contribution in [0.5, 0.6) is 5.75 Å². The minimum Gasteiger partial charge on any atom is -0.495 e. The molecule has 0 radical (unpaired) electrons. The van der Waals surface area contributed by atoms with Crippen LogP contribution >= 0.6 is 12.4 Å². The molecule has 1 rings (SSSR count). The van der Waals surface area contributed by atoms with Gasteiger partial charge in [0, 0.05) is 12.1 Å². The first-order chi connectivity index (χ1) is 9.85. The van der Waals surface area contributed by atoms with Crippen LogP contribution in [0.25, 0.3) is 0 Å². The molecule has 0 atom stereocenters. The van der Waals surface area contributed by atoms with Crippen molar-refractivity contribution in [2.45, 2.75) is 32.7 Å². The van der Waals surface area contributed by atoms with E-state index in [1.807, 2.05) is 38.1 Å². The van der Waals surface area contributed by atoms with Crippen LogP contribution in [-0.4, -0.2) is 43.1 Å². The van der Waals surface area contributed by atoms with E-state index >= 15 is 0 Å². The van der Waals surface area contributed by atoms with Crippen LogP contribution in [-0.2, 0) is 4.79 Å². The number of hydrogen-bond acceptors (Lipinski definition) is 4. The molecule has 0 aliphatic carbocycles. The van der Waals surface area contributed by atoms with Crippen molar-refractivity contribution in [2.24, 2.45) is 5.73 Å². The molecule has 0 bridgehead atoms. The molecule has 0 saturated carbocycles. The zero-order chi connectivity index (χ0) is 15.9. The molecule has 0 heterocycles. The fraction of sp³-hybridized carbons (Fsp3) is 0.562. The van der Waals surface area contributed by atoms with Gasteiger partial charge in [-0.3, -0.25) is 9.69 Å².